The van der Waals surface area contributed by atoms with Crippen LogP contribution in [0.5, 0.6) is 0 Å². The van der Waals surface area contributed by atoms with E-state index in [1.165, 1.54) is 0 Å². The number of carboxylic acid groups (broad SMARTS) is 1. The van der Waals surface area contributed by atoms with Crippen LogP contribution in [0, 0.1) is 0 Å². The van der Waals surface area contributed by atoms with Gasteiger partial charge in [-0.3, -0.25) is 0 Å². The number of amides is 1. The number of carbonyl (C=O) groups is 1. The maximum absolute atomic E-state index is 10.5. The first kappa shape index (κ1) is 10.6. The third-order valence-corrected chi connectivity index (χ3v) is 2.79. The van der Waals surface area contributed by atoms with Crippen molar-refractivity contribution in [2.75, 3.05) is 23.7 Å². The Hall–Kier alpha value is -1.91. The van der Waals surface area contributed by atoms with E-state index >= 15 is 0 Å². The van der Waals surface area contributed by atoms with Crippen LogP contribution < -0.4 is 16.0 Å². The molecule has 1 aromatic rings. The normalized spacial score (nSPS) is 19.8. The Bertz CT molecular complexity index is 395. The molecule has 16 heavy (non-hydrogen) atoms. The highest BCUT2D eigenvalue weighted by Gasteiger charge is 2.24. The summed E-state index contributed by atoms with van der Waals surface area (Å²) >= 11 is 0. The fourth-order valence-electron chi connectivity index (χ4n) is 2.05. The van der Waals surface area contributed by atoms with Crippen LogP contribution in [0.15, 0.2) is 24.3 Å². The first-order valence-electron chi connectivity index (χ1n) is 5.25. The van der Waals surface area contributed by atoms with Crippen LogP contribution in [0.2, 0.25) is 0 Å². The standard InChI is InChI=1S/C11H15N3O2/c12-9-3-1-2-4-10(9)14-6-5-8(7-14)13-11(15)16/h1-4,8,13H,5-7,12H2,(H,15,16)/t8-/m1/s1. The average molecular weight is 221 g/mol. The summed E-state index contributed by atoms with van der Waals surface area (Å²) in [5.41, 5.74) is 7.59. The second kappa shape index (κ2) is 4.30. The summed E-state index contributed by atoms with van der Waals surface area (Å²) < 4.78 is 0. The first-order valence-corrected chi connectivity index (χ1v) is 5.25. The van der Waals surface area contributed by atoms with Gasteiger partial charge < -0.3 is 21.1 Å². The molecule has 1 saturated heterocycles. The van der Waals surface area contributed by atoms with E-state index < -0.39 is 6.09 Å². The number of anilines is 2. The molecule has 0 aliphatic carbocycles. The molecular formula is C11H15N3O2. The highest BCUT2D eigenvalue weighted by atomic mass is 16.4. The zero-order valence-corrected chi connectivity index (χ0v) is 8.89. The van der Waals surface area contributed by atoms with Crippen molar-refractivity contribution < 1.29 is 9.90 Å². The Kier molecular flexibility index (Phi) is 2.85. The molecule has 1 aromatic carbocycles. The van der Waals surface area contributed by atoms with Crippen molar-refractivity contribution in [2.24, 2.45) is 0 Å². The summed E-state index contributed by atoms with van der Waals surface area (Å²) in [5.74, 6) is 0. The van der Waals surface area contributed by atoms with Crippen molar-refractivity contribution in [3.05, 3.63) is 24.3 Å². The second-order valence-electron chi connectivity index (χ2n) is 3.94. The highest BCUT2D eigenvalue weighted by Crippen LogP contribution is 2.26. The summed E-state index contributed by atoms with van der Waals surface area (Å²) in [6.45, 7) is 1.51. The maximum atomic E-state index is 10.5. The molecule has 0 spiro atoms. The van der Waals surface area contributed by atoms with Crippen molar-refractivity contribution in [3.63, 3.8) is 0 Å². The molecule has 1 heterocycles. The minimum atomic E-state index is -0.965. The van der Waals surface area contributed by atoms with Crippen LogP contribution in [-0.2, 0) is 0 Å². The van der Waals surface area contributed by atoms with Crippen LogP contribution in [-0.4, -0.2) is 30.3 Å². The Morgan fingerprint density at radius 3 is 2.94 bits per heavy atom. The van der Waals surface area contributed by atoms with Gasteiger partial charge in [-0.25, -0.2) is 4.79 Å². The van der Waals surface area contributed by atoms with Crippen LogP contribution in [0.25, 0.3) is 0 Å². The molecular weight excluding hydrogens is 206 g/mol. The van der Waals surface area contributed by atoms with Gasteiger partial charge in [0.1, 0.15) is 0 Å². The molecule has 1 aliphatic rings. The Morgan fingerprint density at radius 2 is 2.25 bits per heavy atom. The average Bonchev–Trinajstić information content (AvgIpc) is 2.66. The number of nitrogen functional groups attached to an aromatic ring is 1. The maximum Gasteiger partial charge on any atom is 0.404 e. The largest absolute Gasteiger partial charge is 0.465 e. The summed E-state index contributed by atoms with van der Waals surface area (Å²) in [7, 11) is 0. The van der Waals surface area contributed by atoms with Crippen molar-refractivity contribution >= 4 is 17.5 Å². The Labute approximate surface area is 93.9 Å². The molecule has 86 valence electrons. The second-order valence-corrected chi connectivity index (χ2v) is 3.94. The predicted molar refractivity (Wildman–Crippen MR) is 62.6 cm³/mol. The van der Waals surface area contributed by atoms with Gasteiger partial charge in [-0.2, -0.15) is 0 Å². The van der Waals surface area contributed by atoms with E-state index in [1.807, 2.05) is 24.3 Å². The van der Waals surface area contributed by atoms with Crippen molar-refractivity contribution in [1.82, 2.24) is 5.32 Å². The van der Waals surface area contributed by atoms with Gasteiger partial charge in [-0.05, 0) is 18.6 Å². The topological polar surface area (TPSA) is 78.6 Å². The van der Waals surface area contributed by atoms with Crippen molar-refractivity contribution in [1.29, 1.82) is 0 Å². The lowest BCUT2D eigenvalue weighted by Gasteiger charge is -2.20. The predicted octanol–water partition coefficient (Wildman–Crippen LogP) is 1.12. The molecule has 2 rings (SSSR count). The van der Waals surface area contributed by atoms with Gasteiger partial charge in [0, 0.05) is 13.1 Å². The zero-order valence-electron chi connectivity index (χ0n) is 8.89. The molecule has 0 saturated carbocycles. The molecule has 0 aromatic heterocycles. The zero-order chi connectivity index (χ0) is 11.5. The fraction of sp³-hybridized carbons (Fsp3) is 0.364. The number of hydrogen-bond donors (Lipinski definition) is 3. The highest BCUT2D eigenvalue weighted by molar-refractivity contribution is 5.69. The van der Waals surface area contributed by atoms with Gasteiger partial charge >= 0.3 is 6.09 Å². The molecule has 0 radical (unpaired) electrons. The monoisotopic (exact) mass is 221 g/mol. The van der Waals surface area contributed by atoms with E-state index in [1.54, 1.807) is 0 Å². The van der Waals surface area contributed by atoms with E-state index in [0.29, 0.717) is 6.54 Å². The van der Waals surface area contributed by atoms with Crippen LogP contribution in [0.1, 0.15) is 6.42 Å². The Morgan fingerprint density at radius 1 is 1.50 bits per heavy atom. The van der Waals surface area contributed by atoms with E-state index in [2.05, 4.69) is 10.2 Å². The summed E-state index contributed by atoms with van der Waals surface area (Å²) in [6, 6.07) is 7.63. The van der Waals surface area contributed by atoms with Gasteiger partial charge in [-0.15, -0.1) is 0 Å². The summed E-state index contributed by atoms with van der Waals surface area (Å²) in [5, 5.41) is 11.1. The summed E-state index contributed by atoms with van der Waals surface area (Å²) in [6.07, 6.45) is -0.145. The molecule has 1 amide bonds. The minimum absolute atomic E-state index is 0.00268. The van der Waals surface area contributed by atoms with E-state index in [9.17, 15) is 4.79 Å². The quantitative estimate of drug-likeness (QED) is 0.654. The molecule has 1 atom stereocenters. The minimum Gasteiger partial charge on any atom is -0.465 e. The van der Waals surface area contributed by atoms with Crippen LogP contribution >= 0.6 is 0 Å². The van der Waals surface area contributed by atoms with Gasteiger partial charge in [-0.1, -0.05) is 12.1 Å². The number of para-hydroxylation sites is 2. The number of rotatable bonds is 2. The molecule has 1 fully saturated rings. The molecule has 0 bridgehead atoms. The lowest BCUT2D eigenvalue weighted by atomic mass is 10.2. The summed E-state index contributed by atoms with van der Waals surface area (Å²) in [4.78, 5) is 12.6. The third kappa shape index (κ3) is 2.18. The number of nitrogens with one attached hydrogen (secondary N) is 1. The van der Waals surface area contributed by atoms with Gasteiger partial charge in [0.05, 0.1) is 17.4 Å². The van der Waals surface area contributed by atoms with Crippen molar-refractivity contribution in [3.8, 4) is 0 Å². The Balaban J connectivity index is 2.04. The van der Waals surface area contributed by atoms with Crippen molar-refractivity contribution in [2.45, 2.75) is 12.5 Å². The third-order valence-electron chi connectivity index (χ3n) is 2.79. The van der Waals surface area contributed by atoms with E-state index in [-0.39, 0.29) is 6.04 Å². The van der Waals surface area contributed by atoms with E-state index in [4.69, 9.17) is 10.8 Å². The fourth-order valence-corrected chi connectivity index (χ4v) is 2.05. The SMILES string of the molecule is Nc1ccccc1N1CC[C@@H](NC(=O)O)C1. The number of nitrogens with two attached hydrogens (primary N) is 1. The molecule has 1 aliphatic heterocycles. The first-order chi connectivity index (χ1) is 7.66. The van der Waals surface area contributed by atoms with Gasteiger partial charge in [0.25, 0.3) is 0 Å². The van der Waals surface area contributed by atoms with Gasteiger partial charge in [0.15, 0.2) is 0 Å². The number of nitrogens with zero attached hydrogens (tertiary/aromatic N) is 1. The van der Waals surface area contributed by atoms with Crippen LogP contribution in [0.3, 0.4) is 0 Å². The smallest absolute Gasteiger partial charge is 0.404 e. The number of hydrogen-bond acceptors (Lipinski definition) is 3. The van der Waals surface area contributed by atoms with E-state index in [0.717, 1.165) is 24.3 Å². The van der Waals surface area contributed by atoms with Crippen LogP contribution in [0.4, 0.5) is 16.2 Å². The van der Waals surface area contributed by atoms with Gasteiger partial charge in [0.2, 0.25) is 0 Å². The number of benzene rings is 1. The lowest BCUT2D eigenvalue weighted by Crippen LogP contribution is -2.36. The molecule has 0 unspecified atom stereocenters. The molecule has 5 heteroatoms. The molecule has 4 N–H and O–H groups in total. The lowest BCUT2D eigenvalue weighted by molar-refractivity contribution is 0.191. The molecule has 5 nitrogen and oxygen atoms in total.